The van der Waals surface area contributed by atoms with Crippen molar-refractivity contribution in [1.29, 1.82) is 0 Å². The van der Waals surface area contributed by atoms with Crippen molar-refractivity contribution in [1.82, 2.24) is 5.32 Å². The van der Waals surface area contributed by atoms with Crippen molar-refractivity contribution in [3.8, 4) is 0 Å². The summed E-state index contributed by atoms with van der Waals surface area (Å²) in [6.07, 6.45) is 3.88. The summed E-state index contributed by atoms with van der Waals surface area (Å²) in [5.74, 6) is 0. The van der Waals surface area contributed by atoms with E-state index in [0.29, 0.717) is 6.04 Å². The molecule has 0 saturated heterocycles. The number of benzene rings is 1. The normalized spacial score (nSPS) is 15.0. The second-order valence-electron chi connectivity index (χ2n) is 4.58. The first-order chi connectivity index (χ1) is 8.22. The van der Waals surface area contributed by atoms with Gasteiger partial charge in [-0.2, -0.15) is 0 Å². The standard InChI is InChI=1S/C14H20N2O/c1-10(15)7-8-13(16-2)12-9-17-14-6-4-3-5-11(12)14/h3-6,9-10,13,16H,7-8,15H2,1-2H3. The van der Waals surface area contributed by atoms with E-state index in [1.54, 1.807) is 0 Å². The SMILES string of the molecule is CNC(CCC(C)N)c1coc2ccccc12. The molecule has 0 amide bonds. The van der Waals surface area contributed by atoms with Gasteiger partial charge in [-0.25, -0.2) is 0 Å². The summed E-state index contributed by atoms with van der Waals surface area (Å²) in [4.78, 5) is 0. The maximum atomic E-state index is 5.81. The van der Waals surface area contributed by atoms with Crippen LogP contribution in [-0.4, -0.2) is 13.1 Å². The average Bonchev–Trinajstić information content (AvgIpc) is 2.74. The van der Waals surface area contributed by atoms with Gasteiger partial charge < -0.3 is 15.5 Å². The summed E-state index contributed by atoms with van der Waals surface area (Å²) in [6.45, 7) is 2.04. The molecule has 17 heavy (non-hydrogen) atoms. The van der Waals surface area contributed by atoms with Crippen molar-refractivity contribution >= 4 is 11.0 Å². The van der Waals surface area contributed by atoms with Gasteiger partial charge in [-0.3, -0.25) is 0 Å². The summed E-state index contributed by atoms with van der Waals surface area (Å²) in [6, 6.07) is 8.68. The number of rotatable bonds is 5. The highest BCUT2D eigenvalue weighted by Gasteiger charge is 2.15. The minimum Gasteiger partial charge on any atom is -0.464 e. The zero-order chi connectivity index (χ0) is 12.3. The summed E-state index contributed by atoms with van der Waals surface area (Å²) < 4.78 is 5.57. The number of para-hydroxylation sites is 1. The van der Waals surface area contributed by atoms with Crippen LogP contribution >= 0.6 is 0 Å². The molecule has 2 atom stereocenters. The van der Waals surface area contributed by atoms with Gasteiger partial charge in [0.2, 0.25) is 0 Å². The van der Waals surface area contributed by atoms with E-state index in [9.17, 15) is 0 Å². The maximum Gasteiger partial charge on any atom is 0.134 e. The quantitative estimate of drug-likeness (QED) is 0.833. The van der Waals surface area contributed by atoms with E-state index in [0.717, 1.165) is 18.4 Å². The van der Waals surface area contributed by atoms with Crippen LogP contribution in [0.2, 0.25) is 0 Å². The fourth-order valence-corrected chi connectivity index (χ4v) is 2.15. The number of furan rings is 1. The van der Waals surface area contributed by atoms with Gasteiger partial charge in [0.15, 0.2) is 0 Å². The molecule has 1 aromatic heterocycles. The fourth-order valence-electron chi connectivity index (χ4n) is 2.15. The summed E-state index contributed by atoms with van der Waals surface area (Å²) in [7, 11) is 1.98. The van der Waals surface area contributed by atoms with Crippen molar-refractivity contribution in [2.45, 2.75) is 31.8 Å². The maximum absolute atomic E-state index is 5.81. The molecule has 3 nitrogen and oxygen atoms in total. The van der Waals surface area contributed by atoms with Gasteiger partial charge in [-0.1, -0.05) is 18.2 Å². The summed E-state index contributed by atoms with van der Waals surface area (Å²) in [5.41, 5.74) is 7.98. The van der Waals surface area contributed by atoms with Crippen LogP contribution in [0.4, 0.5) is 0 Å². The van der Waals surface area contributed by atoms with Gasteiger partial charge in [0.05, 0.1) is 6.26 Å². The van der Waals surface area contributed by atoms with Crippen molar-refractivity contribution in [3.05, 3.63) is 36.1 Å². The molecule has 2 rings (SSSR count). The van der Waals surface area contributed by atoms with E-state index in [-0.39, 0.29) is 6.04 Å². The van der Waals surface area contributed by atoms with Crippen LogP contribution in [0.3, 0.4) is 0 Å². The second-order valence-corrected chi connectivity index (χ2v) is 4.58. The topological polar surface area (TPSA) is 51.2 Å². The second kappa shape index (κ2) is 5.34. The van der Waals surface area contributed by atoms with Crippen LogP contribution in [0.25, 0.3) is 11.0 Å². The zero-order valence-corrected chi connectivity index (χ0v) is 10.4. The predicted octanol–water partition coefficient (Wildman–Crippen LogP) is 2.82. The highest BCUT2D eigenvalue weighted by molar-refractivity contribution is 5.81. The summed E-state index contributed by atoms with van der Waals surface area (Å²) >= 11 is 0. The lowest BCUT2D eigenvalue weighted by Gasteiger charge is -2.16. The van der Waals surface area contributed by atoms with Gasteiger partial charge in [0.25, 0.3) is 0 Å². The Bertz CT molecular complexity index is 476. The first kappa shape index (κ1) is 12.1. The van der Waals surface area contributed by atoms with Gasteiger partial charge in [0.1, 0.15) is 5.58 Å². The lowest BCUT2D eigenvalue weighted by Crippen LogP contribution is -2.21. The zero-order valence-electron chi connectivity index (χ0n) is 10.4. The predicted molar refractivity (Wildman–Crippen MR) is 70.9 cm³/mol. The number of fused-ring (bicyclic) bond motifs is 1. The fraction of sp³-hybridized carbons (Fsp3) is 0.429. The first-order valence-electron chi connectivity index (χ1n) is 6.11. The Labute approximate surface area is 102 Å². The Kier molecular flexibility index (Phi) is 3.82. The van der Waals surface area contributed by atoms with Gasteiger partial charge in [-0.15, -0.1) is 0 Å². The minimum atomic E-state index is 0.240. The van der Waals surface area contributed by atoms with Gasteiger partial charge in [0, 0.05) is 23.0 Å². The smallest absolute Gasteiger partial charge is 0.134 e. The molecule has 0 aliphatic rings. The molecule has 0 saturated carbocycles. The number of hydrogen-bond donors (Lipinski definition) is 2. The molecule has 0 spiro atoms. The van der Waals surface area contributed by atoms with E-state index in [4.69, 9.17) is 10.2 Å². The molecule has 0 aliphatic heterocycles. The van der Waals surface area contributed by atoms with Gasteiger partial charge >= 0.3 is 0 Å². The number of hydrogen-bond acceptors (Lipinski definition) is 3. The van der Waals surface area contributed by atoms with Crippen molar-refractivity contribution in [2.24, 2.45) is 5.73 Å². The third-order valence-electron chi connectivity index (χ3n) is 3.15. The lowest BCUT2D eigenvalue weighted by molar-refractivity contribution is 0.491. The Hall–Kier alpha value is -1.32. The molecular formula is C14H20N2O. The van der Waals surface area contributed by atoms with Gasteiger partial charge in [-0.05, 0) is 32.9 Å². The highest BCUT2D eigenvalue weighted by Crippen LogP contribution is 2.28. The molecule has 92 valence electrons. The molecule has 0 fully saturated rings. The Balaban J connectivity index is 2.24. The lowest BCUT2D eigenvalue weighted by atomic mass is 9.99. The van der Waals surface area contributed by atoms with E-state index < -0.39 is 0 Å². The Morgan fingerprint density at radius 3 is 2.76 bits per heavy atom. The molecule has 1 aromatic carbocycles. The minimum absolute atomic E-state index is 0.240. The monoisotopic (exact) mass is 232 g/mol. The molecule has 0 bridgehead atoms. The molecule has 2 aromatic rings. The molecule has 3 N–H and O–H groups in total. The van der Waals surface area contributed by atoms with Crippen LogP contribution in [0, 0.1) is 0 Å². The van der Waals surface area contributed by atoms with Crippen LogP contribution < -0.4 is 11.1 Å². The third kappa shape index (κ3) is 2.68. The van der Waals surface area contributed by atoms with Crippen LogP contribution in [0.1, 0.15) is 31.4 Å². The first-order valence-corrected chi connectivity index (χ1v) is 6.11. The molecule has 2 unspecified atom stereocenters. The molecular weight excluding hydrogens is 212 g/mol. The molecule has 1 heterocycles. The van der Waals surface area contributed by atoms with Crippen LogP contribution in [-0.2, 0) is 0 Å². The molecule has 3 heteroatoms. The molecule has 0 radical (unpaired) electrons. The number of nitrogens with one attached hydrogen (secondary N) is 1. The van der Waals surface area contributed by atoms with Crippen molar-refractivity contribution < 1.29 is 4.42 Å². The third-order valence-corrected chi connectivity index (χ3v) is 3.15. The number of nitrogens with two attached hydrogens (primary N) is 1. The van der Waals surface area contributed by atoms with E-state index in [2.05, 4.69) is 11.4 Å². The average molecular weight is 232 g/mol. The summed E-state index contributed by atoms with van der Waals surface area (Å²) in [5, 5.41) is 4.53. The van der Waals surface area contributed by atoms with Crippen molar-refractivity contribution in [3.63, 3.8) is 0 Å². The van der Waals surface area contributed by atoms with Crippen LogP contribution in [0.5, 0.6) is 0 Å². The van der Waals surface area contributed by atoms with E-state index >= 15 is 0 Å². The Morgan fingerprint density at radius 1 is 1.29 bits per heavy atom. The van der Waals surface area contributed by atoms with E-state index in [1.807, 2.05) is 38.4 Å². The van der Waals surface area contributed by atoms with E-state index in [1.165, 1.54) is 10.9 Å². The Morgan fingerprint density at radius 2 is 2.06 bits per heavy atom. The largest absolute Gasteiger partial charge is 0.464 e. The van der Waals surface area contributed by atoms with Crippen molar-refractivity contribution in [2.75, 3.05) is 7.05 Å². The molecule has 0 aliphatic carbocycles. The highest BCUT2D eigenvalue weighted by atomic mass is 16.3. The van der Waals surface area contributed by atoms with Crippen LogP contribution in [0.15, 0.2) is 34.9 Å².